The van der Waals surface area contributed by atoms with E-state index in [0.29, 0.717) is 16.0 Å². The number of fused-ring (bicyclic) bond motifs is 1. The second-order valence-electron chi connectivity index (χ2n) is 5.16. The number of nitrogens with zero attached hydrogens (tertiary/aromatic N) is 1. The van der Waals surface area contributed by atoms with Gasteiger partial charge in [-0.2, -0.15) is 4.73 Å². The van der Waals surface area contributed by atoms with Crippen LogP contribution in [0.1, 0.15) is 5.56 Å². The van der Waals surface area contributed by atoms with Crippen LogP contribution in [0.15, 0.2) is 64.5 Å². The number of para-hydroxylation sites is 1. The summed E-state index contributed by atoms with van der Waals surface area (Å²) in [5.41, 5.74) is 1.07. The van der Waals surface area contributed by atoms with Crippen LogP contribution in [0.3, 0.4) is 0 Å². The van der Waals surface area contributed by atoms with Crippen LogP contribution in [0.2, 0.25) is 0 Å². The number of hydrogen-bond donors (Lipinski definition) is 0. The summed E-state index contributed by atoms with van der Waals surface area (Å²) in [6.07, 6.45) is 0. The van der Waals surface area contributed by atoms with Gasteiger partial charge in [0.1, 0.15) is 5.75 Å². The fraction of sp³-hybridized carbons (Fsp3) is 0.118. The van der Waals surface area contributed by atoms with Crippen molar-refractivity contribution < 1.29 is 17.9 Å². The topological polar surface area (TPSA) is 70.3 Å². The minimum absolute atomic E-state index is 0.0533. The van der Waals surface area contributed by atoms with Gasteiger partial charge < -0.3 is 9.94 Å². The highest BCUT2D eigenvalue weighted by atomic mass is 32.2. The molecule has 0 aliphatic heterocycles. The average molecular weight is 329 g/mol. The SMILES string of the molecule is COc1ccc(S(=O)(=O)c2cc(C)c3ccccc3[n+]2[O-])cc1. The Bertz CT molecular complexity index is 979. The van der Waals surface area contributed by atoms with E-state index in [9.17, 15) is 13.6 Å². The van der Waals surface area contributed by atoms with E-state index in [4.69, 9.17) is 4.74 Å². The molecule has 0 unspecified atom stereocenters. The lowest BCUT2D eigenvalue weighted by Gasteiger charge is -2.10. The Labute approximate surface area is 134 Å². The van der Waals surface area contributed by atoms with E-state index >= 15 is 0 Å². The molecule has 0 N–H and O–H groups in total. The molecule has 0 spiro atoms. The van der Waals surface area contributed by atoms with Crippen LogP contribution in [-0.2, 0) is 9.84 Å². The number of sulfone groups is 1. The van der Waals surface area contributed by atoms with Crippen LogP contribution in [0.5, 0.6) is 5.75 Å². The van der Waals surface area contributed by atoms with Gasteiger partial charge in [-0.1, -0.05) is 12.1 Å². The molecule has 3 rings (SSSR count). The summed E-state index contributed by atoms with van der Waals surface area (Å²) >= 11 is 0. The van der Waals surface area contributed by atoms with Crippen molar-refractivity contribution in [3.05, 3.63) is 65.4 Å². The van der Waals surface area contributed by atoms with Crippen LogP contribution >= 0.6 is 0 Å². The van der Waals surface area contributed by atoms with Crippen molar-refractivity contribution in [1.82, 2.24) is 0 Å². The number of methoxy groups -OCH3 is 1. The van der Waals surface area contributed by atoms with Crippen molar-refractivity contribution in [2.45, 2.75) is 16.8 Å². The fourth-order valence-corrected chi connectivity index (χ4v) is 3.87. The number of pyridine rings is 1. The highest BCUT2D eigenvalue weighted by Crippen LogP contribution is 2.24. The first-order valence-corrected chi connectivity index (χ1v) is 8.44. The molecule has 0 amide bonds. The summed E-state index contributed by atoms with van der Waals surface area (Å²) in [4.78, 5) is 0.0533. The summed E-state index contributed by atoms with van der Waals surface area (Å²) in [7, 11) is -2.41. The molecule has 6 heteroatoms. The number of aryl methyl sites for hydroxylation is 1. The van der Waals surface area contributed by atoms with Gasteiger partial charge in [0.2, 0.25) is 5.52 Å². The molecule has 23 heavy (non-hydrogen) atoms. The summed E-state index contributed by atoms with van der Waals surface area (Å²) in [6, 6.07) is 14.3. The van der Waals surface area contributed by atoms with Gasteiger partial charge in [0.05, 0.1) is 17.4 Å². The van der Waals surface area contributed by atoms with E-state index in [-0.39, 0.29) is 9.92 Å². The van der Waals surface area contributed by atoms with Gasteiger partial charge in [0.15, 0.2) is 0 Å². The minimum atomic E-state index is -3.91. The monoisotopic (exact) mass is 329 g/mol. The lowest BCUT2D eigenvalue weighted by molar-refractivity contribution is -0.619. The Balaban J connectivity index is 2.24. The highest BCUT2D eigenvalue weighted by molar-refractivity contribution is 7.91. The van der Waals surface area contributed by atoms with E-state index < -0.39 is 9.84 Å². The summed E-state index contributed by atoms with van der Waals surface area (Å²) < 4.78 is 31.1. The molecule has 0 atom stereocenters. The zero-order valence-corrected chi connectivity index (χ0v) is 13.5. The minimum Gasteiger partial charge on any atom is -0.617 e. The Hall–Kier alpha value is -2.60. The van der Waals surface area contributed by atoms with Gasteiger partial charge in [-0.25, -0.2) is 8.42 Å². The van der Waals surface area contributed by atoms with Gasteiger partial charge in [-0.05, 0) is 42.8 Å². The predicted octanol–water partition coefficient (Wildman–Crippen LogP) is 2.62. The second-order valence-corrected chi connectivity index (χ2v) is 7.05. The van der Waals surface area contributed by atoms with Crippen LogP contribution in [0, 0.1) is 12.1 Å². The Morgan fingerprint density at radius 1 is 1.04 bits per heavy atom. The lowest BCUT2D eigenvalue weighted by Crippen LogP contribution is -2.35. The normalized spacial score (nSPS) is 11.6. The number of ether oxygens (including phenoxy) is 1. The molecular weight excluding hydrogens is 314 g/mol. The number of hydrogen-bond acceptors (Lipinski definition) is 4. The molecule has 0 saturated carbocycles. The second kappa shape index (κ2) is 5.55. The van der Waals surface area contributed by atoms with Gasteiger partial charge in [-0.15, -0.1) is 0 Å². The molecule has 2 aromatic carbocycles. The maximum absolute atomic E-state index is 12.8. The maximum atomic E-state index is 12.8. The molecule has 0 aliphatic carbocycles. The summed E-state index contributed by atoms with van der Waals surface area (Å²) in [5, 5.41) is 13.0. The summed E-state index contributed by atoms with van der Waals surface area (Å²) in [6.45, 7) is 1.79. The van der Waals surface area contributed by atoms with Crippen molar-refractivity contribution in [3.63, 3.8) is 0 Å². The number of aromatic nitrogens is 1. The third-order valence-electron chi connectivity index (χ3n) is 3.73. The first kappa shape index (κ1) is 15.3. The van der Waals surface area contributed by atoms with Crippen molar-refractivity contribution in [2.75, 3.05) is 7.11 Å². The average Bonchev–Trinajstić information content (AvgIpc) is 2.58. The molecular formula is C17H15NO4S. The van der Waals surface area contributed by atoms with E-state index in [1.54, 1.807) is 37.3 Å². The van der Waals surface area contributed by atoms with Crippen molar-refractivity contribution in [1.29, 1.82) is 0 Å². The highest BCUT2D eigenvalue weighted by Gasteiger charge is 2.28. The molecule has 0 aliphatic rings. The molecule has 1 aromatic heterocycles. The van der Waals surface area contributed by atoms with Crippen molar-refractivity contribution in [2.24, 2.45) is 0 Å². The number of rotatable bonds is 3. The van der Waals surface area contributed by atoms with Crippen LogP contribution in [0.25, 0.3) is 10.9 Å². The first-order chi connectivity index (χ1) is 10.9. The Morgan fingerprint density at radius 3 is 2.35 bits per heavy atom. The van der Waals surface area contributed by atoms with Crippen LogP contribution in [0.4, 0.5) is 0 Å². The Morgan fingerprint density at radius 2 is 1.70 bits per heavy atom. The molecule has 0 saturated heterocycles. The molecule has 1 heterocycles. The van der Waals surface area contributed by atoms with E-state index in [2.05, 4.69) is 0 Å². The molecule has 5 nitrogen and oxygen atoms in total. The molecule has 118 valence electrons. The first-order valence-electron chi connectivity index (χ1n) is 6.96. The van der Waals surface area contributed by atoms with Gasteiger partial charge in [-0.3, -0.25) is 0 Å². The third-order valence-corrected chi connectivity index (χ3v) is 5.46. The third kappa shape index (κ3) is 2.51. The Kier molecular flexibility index (Phi) is 3.69. The predicted molar refractivity (Wildman–Crippen MR) is 86.1 cm³/mol. The molecule has 0 radical (unpaired) electrons. The molecule has 0 fully saturated rings. The standard InChI is InChI=1S/C17H15NO4S/c1-12-11-17(18(19)16-6-4-3-5-15(12)16)23(20,21)14-9-7-13(22-2)8-10-14/h3-11H,1-2H3. The van der Waals surface area contributed by atoms with Crippen molar-refractivity contribution in [3.8, 4) is 5.75 Å². The zero-order chi connectivity index (χ0) is 16.6. The smallest absolute Gasteiger partial charge is 0.314 e. The van der Waals surface area contributed by atoms with Gasteiger partial charge >= 0.3 is 5.03 Å². The van der Waals surface area contributed by atoms with E-state index in [1.807, 2.05) is 6.07 Å². The zero-order valence-electron chi connectivity index (χ0n) is 12.7. The molecule has 3 aromatic rings. The van der Waals surface area contributed by atoms with E-state index in [1.165, 1.54) is 25.3 Å². The lowest BCUT2D eigenvalue weighted by atomic mass is 10.1. The molecule has 0 bridgehead atoms. The summed E-state index contributed by atoms with van der Waals surface area (Å²) in [5.74, 6) is 0.550. The van der Waals surface area contributed by atoms with Gasteiger partial charge in [0, 0.05) is 12.1 Å². The van der Waals surface area contributed by atoms with Crippen LogP contribution in [-0.4, -0.2) is 15.5 Å². The van der Waals surface area contributed by atoms with Crippen LogP contribution < -0.4 is 9.47 Å². The fourth-order valence-electron chi connectivity index (χ4n) is 2.49. The number of benzene rings is 2. The van der Waals surface area contributed by atoms with E-state index in [0.717, 1.165) is 10.9 Å². The quantitative estimate of drug-likeness (QED) is 0.547. The van der Waals surface area contributed by atoms with Gasteiger partial charge in [0.25, 0.3) is 9.84 Å². The van der Waals surface area contributed by atoms with Crippen molar-refractivity contribution >= 4 is 20.7 Å². The maximum Gasteiger partial charge on any atom is 0.314 e. The largest absolute Gasteiger partial charge is 0.617 e.